The standard InChI is InChI=1S/C25H28N4O3/c1-4-19(5-2)27-24(30)23-16-28(21-8-6-7-9-22(21)32-23)25(31)18-10-12-20(13-11-18)29-15-17(3)14-26-29/h6-15,19,23H,4-5,16H2,1-3H3,(H,27,30). The molecule has 1 N–H and O–H groups in total. The highest BCUT2D eigenvalue weighted by atomic mass is 16.5. The zero-order chi connectivity index (χ0) is 22.7. The lowest BCUT2D eigenvalue weighted by atomic mass is 10.1. The van der Waals surface area contributed by atoms with Crippen LogP contribution < -0.4 is 15.0 Å². The number of anilines is 1. The molecular formula is C25H28N4O3. The van der Waals surface area contributed by atoms with Gasteiger partial charge < -0.3 is 15.0 Å². The van der Waals surface area contributed by atoms with Gasteiger partial charge in [0.2, 0.25) is 0 Å². The predicted octanol–water partition coefficient (Wildman–Crippen LogP) is 3.89. The van der Waals surface area contributed by atoms with Crippen molar-refractivity contribution in [3.05, 3.63) is 72.1 Å². The first kappa shape index (κ1) is 21.6. The Hall–Kier alpha value is -3.61. The molecule has 2 heterocycles. The lowest BCUT2D eigenvalue weighted by Crippen LogP contribution is -2.52. The number of ether oxygens (including phenoxy) is 1. The third kappa shape index (κ3) is 4.37. The molecule has 7 nitrogen and oxygen atoms in total. The van der Waals surface area contributed by atoms with Gasteiger partial charge in [-0.1, -0.05) is 26.0 Å². The minimum absolute atomic E-state index is 0.0888. The summed E-state index contributed by atoms with van der Waals surface area (Å²) < 4.78 is 7.73. The number of aryl methyl sites for hydroxylation is 1. The molecule has 1 atom stereocenters. The smallest absolute Gasteiger partial charge is 0.263 e. The van der Waals surface area contributed by atoms with Crippen LogP contribution in [0.2, 0.25) is 0 Å². The monoisotopic (exact) mass is 432 g/mol. The fraction of sp³-hybridized carbons (Fsp3) is 0.320. The maximum Gasteiger partial charge on any atom is 0.263 e. The zero-order valence-corrected chi connectivity index (χ0v) is 18.6. The van der Waals surface area contributed by atoms with Crippen LogP contribution in [0.25, 0.3) is 5.69 Å². The number of aromatic nitrogens is 2. The van der Waals surface area contributed by atoms with E-state index in [1.807, 2.05) is 57.3 Å². The molecule has 2 aromatic carbocycles. The number of nitrogens with one attached hydrogen (secondary N) is 1. The summed E-state index contributed by atoms with van der Waals surface area (Å²) in [6, 6.07) is 14.7. The topological polar surface area (TPSA) is 76.5 Å². The van der Waals surface area contributed by atoms with E-state index in [-0.39, 0.29) is 24.4 Å². The fourth-order valence-electron chi connectivity index (χ4n) is 3.82. The number of carbonyl (C=O) groups excluding carboxylic acids is 2. The van der Waals surface area contributed by atoms with Crippen molar-refractivity contribution < 1.29 is 14.3 Å². The van der Waals surface area contributed by atoms with Crippen molar-refractivity contribution in [1.82, 2.24) is 15.1 Å². The highest BCUT2D eigenvalue weighted by Crippen LogP contribution is 2.34. The van der Waals surface area contributed by atoms with E-state index in [0.717, 1.165) is 24.1 Å². The number of amides is 2. The second kappa shape index (κ2) is 9.26. The molecule has 4 rings (SSSR count). The third-order valence-electron chi connectivity index (χ3n) is 5.73. The third-order valence-corrected chi connectivity index (χ3v) is 5.73. The zero-order valence-electron chi connectivity index (χ0n) is 18.6. The normalized spacial score (nSPS) is 15.2. The molecule has 0 spiro atoms. The molecule has 7 heteroatoms. The molecule has 3 aromatic rings. The molecule has 0 aliphatic carbocycles. The van der Waals surface area contributed by atoms with Gasteiger partial charge in [0, 0.05) is 17.8 Å². The molecule has 2 amide bonds. The summed E-state index contributed by atoms with van der Waals surface area (Å²) in [5, 5.41) is 7.34. The summed E-state index contributed by atoms with van der Waals surface area (Å²) >= 11 is 0. The van der Waals surface area contributed by atoms with Crippen LogP contribution in [0.4, 0.5) is 5.69 Å². The Morgan fingerprint density at radius 2 is 1.84 bits per heavy atom. The lowest BCUT2D eigenvalue weighted by molar-refractivity contribution is -0.128. The van der Waals surface area contributed by atoms with E-state index in [1.54, 1.807) is 34.0 Å². The van der Waals surface area contributed by atoms with Crippen molar-refractivity contribution in [1.29, 1.82) is 0 Å². The number of fused-ring (bicyclic) bond motifs is 1. The van der Waals surface area contributed by atoms with Gasteiger partial charge >= 0.3 is 0 Å². The van der Waals surface area contributed by atoms with Crippen LogP contribution in [0, 0.1) is 6.92 Å². The second-order valence-electron chi connectivity index (χ2n) is 8.02. The molecule has 0 radical (unpaired) electrons. The number of nitrogens with zero attached hydrogens (tertiary/aromatic N) is 3. The lowest BCUT2D eigenvalue weighted by Gasteiger charge is -2.34. The Kier molecular flexibility index (Phi) is 6.25. The van der Waals surface area contributed by atoms with Gasteiger partial charge in [0.1, 0.15) is 5.75 Å². The summed E-state index contributed by atoms with van der Waals surface area (Å²) in [5.41, 5.74) is 3.14. The van der Waals surface area contributed by atoms with Crippen molar-refractivity contribution in [3.63, 3.8) is 0 Å². The van der Waals surface area contributed by atoms with E-state index in [1.165, 1.54) is 0 Å². The van der Waals surface area contributed by atoms with Gasteiger partial charge in [-0.3, -0.25) is 9.59 Å². The van der Waals surface area contributed by atoms with Gasteiger partial charge in [-0.15, -0.1) is 0 Å². The van der Waals surface area contributed by atoms with Gasteiger partial charge in [0.05, 0.1) is 24.1 Å². The molecular weight excluding hydrogens is 404 g/mol. The minimum Gasteiger partial charge on any atom is -0.477 e. The van der Waals surface area contributed by atoms with E-state index in [2.05, 4.69) is 10.4 Å². The summed E-state index contributed by atoms with van der Waals surface area (Å²) in [6.07, 6.45) is 4.64. The van der Waals surface area contributed by atoms with Gasteiger partial charge in [0.25, 0.3) is 11.8 Å². The first-order valence-electron chi connectivity index (χ1n) is 11.0. The Labute approximate surface area is 188 Å². The Bertz CT molecular complexity index is 1100. The van der Waals surface area contributed by atoms with E-state index in [9.17, 15) is 9.59 Å². The predicted molar refractivity (Wildman–Crippen MR) is 123 cm³/mol. The van der Waals surface area contributed by atoms with Gasteiger partial charge in [-0.25, -0.2) is 4.68 Å². The van der Waals surface area contributed by atoms with E-state index < -0.39 is 6.10 Å². The van der Waals surface area contributed by atoms with Crippen molar-refractivity contribution in [2.24, 2.45) is 0 Å². The van der Waals surface area contributed by atoms with E-state index in [0.29, 0.717) is 17.0 Å². The number of hydrogen-bond acceptors (Lipinski definition) is 4. The van der Waals surface area contributed by atoms with E-state index in [4.69, 9.17) is 4.74 Å². The van der Waals surface area contributed by atoms with Crippen molar-refractivity contribution in [2.45, 2.75) is 45.8 Å². The maximum absolute atomic E-state index is 13.4. The van der Waals surface area contributed by atoms with Crippen LogP contribution in [0.3, 0.4) is 0 Å². The Morgan fingerprint density at radius 3 is 2.50 bits per heavy atom. The number of benzene rings is 2. The highest BCUT2D eigenvalue weighted by molar-refractivity contribution is 6.08. The van der Waals surface area contributed by atoms with Crippen LogP contribution in [0.5, 0.6) is 5.75 Å². The molecule has 1 aromatic heterocycles. The molecule has 166 valence electrons. The number of rotatable bonds is 6. The Morgan fingerprint density at radius 1 is 1.12 bits per heavy atom. The van der Waals surface area contributed by atoms with E-state index >= 15 is 0 Å². The SMILES string of the molecule is CCC(CC)NC(=O)C1CN(C(=O)c2ccc(-n3cc(C)cn3)cc2)c2ccccc2O1. The average molecular weight is 433 g/mol. The molecule has 0 saturated carbocycles. The molecule has 0 bridgehead atoms. The largest absolute Gasteiger partial charge is 0.477 e. The van der Waals surface area contributed by atoms with Crippen LogP contribution in [-0.4, -0.2) is 40.3 Å². The molecule has 1 aliphatic heterocycles. The summed E-state index contributed by atoms with van der Waals surface area (Å²) in [6.45, 7) is 6.21. The summed E-state index contributed by atoms with van der Waals surface area (Å²) in [4.78, 5) is 27.9. The highest BCUT2D eigenvalue weighted by Gasteiger charge is 2.34. The van der Waals surface area contributed by atoms with Crippen molar-refractivity contribution >= 4 is 17.5 Å². The second-order valence-corrected chi connectivity index (χ2v) is 8.02. The minimum atomic E-state index is -0.763. The number of carbonyl (C=O) groups is 2. The molecule has 0 fully saturated rings. The van der Waals surface area contributed by atoms with Gasteiger partial charge in [-0.05, 0) is 61.7 Å². The van der Waals surface area contributed by atoms with Crippen LogP contribution in [0.1, 0.15) is 42.6 Å². The average Bonchev–Trinajstić information content (AvgIpc) is 3.27. The summed E-state index contributed by atoms with van der Waals surface area (Å²) in [7, 11) is 0. The van der Waals surface area contributed by atoms with Gasteiger partial charge in [0.15, 0.2) is 6.10 Å². The molecule has 1 aliphatic rings. The molecule has 1 unspecified atom stereocenters. The number of hydrogen-bond donors (Lipinski definition) is 1. The van der Waals surface area contributed by atoms with Crippen LogP contribution in [0.15, 0.2) is 60.9 Å². The summed E-state index contributed by atoms with van der Waals surface area (Å²) in [5.74, 6) is 0.153. The fourth-order valence-corrected chi connectivity index (χ4v) is 3.82. The van der Waals surface area contributed by atoms with Gasteiger partial charge in [-0.2, -0.15) is 5.10 Å². The molecule has 0 saturated heterocycles. The van der Waals surface area contributed by atoms with Crippen LogP contribution in [-0.2, 0) is 4.79 Å². The molecule has 32 heavy (non-hydrogen) atoms. The van der Waals surface area contributed by atoms with Crippen molar-refractivity contribution in [2.75, 3.05) is 11.4 Å². The number of para-hydroxylation sites is 2. The Balaban J connectivity index is 1.58. The van der Waals surface area contributed by atoms with Crippen molar-refractivity contribution in [3.8, 4) is 11.4 Å². The first-order valence-corrected chi connectivity index (χ1v) is 11.0. The maximum atomic E-state index is 13.4. The van der Waals surface area contributed by atoms with Crippen LogP contribution >= 0.6 is 0 Å². The first-order chi connectivity index (χ1) is 15.5. The quantitative estimate of drug-likeness (QED) is 0.641.